The average Bonchev–Trinajstić information content (AvgIpc) is 2.53. The molecule has 0 saturated carbocycles. The number of hydrogen-bond acceptors (Lipinski definition) is 6. The molecule has 7 nitrogen and oxygen atoms in total. The van der Waals surface area contributed by atoms with Crippen molar-refractivity contribution in [1.29, 1.82) is 0 Å². The van der Waals surface area contributed by atoms with E-state index in [1.807, 2.05) is 0 Å². The highest BCUT2D eigenvalue weighted by Gasteiger charge is 2.22. The van der Waals surface area contributed by atoms with Crippen LogP contribution in [0.25, 0.3) is 0 Å². The van der Waals surface area contributed by atoms with Gasteiger partial charge in [0.2, 0.25) is 5.88 Å². The number of sulfonamides is 1. The maximum absolute atomic E-state index is 12.5. The first-order chi connectivity index (χ1) is 10.7. The summed E-state index contributed by atoms with van der Waals surface area (Å²) in [5.41, 5.74) is 0.341. The summed E-state index contributed by atoms with van der Waals surface area (Å²) in [5.74, 6) is 0.309. The second kappa shape index (κ2) is 6.17. The molecule has 0 atom stereocenters. The number of anilines is 1. The van der Waals surface area contributed by atoms with E-state index in [0.29, 0.717) is 11.6 Å². The van der Waals surface area contributed by atoms with Gasteiger partial charge < -0.3 is 4.74 Å². The lowest BCUT2D eigenvalue weighted by molar-refractivity contribution is 0.397. The minimum Gasteiger partial charge on any atom is -0.481 e. The summed E-state index contributed by atoms with van der Waals surface area (Å²) in [6.45, 7) is 0. The maximum Gasteiger partial charge on any atom is 0.265 e. The van der Waals surface area contributed by atoms with Gasteiger partial charge in [-0.25, -0.2) is 21.8 Å². The Labute approximate surface area is 135 Å². The van der Waals surface area contributed by atoms with E-state index in [4.69, 9.17) is 4.74 Å². The van der Waals surface area contributed by atoms with Crippen molar-refractivity contribution in [2.75, 3.05) is 24.7 Å². The number of nitrogens with zero attached hydrogens (tertiary/aromatic N) is 2. The predicted octanol–water partition coefficient (Wildman–Crippen LogP) is 1.32. The molecule has 0 unspecified atom stereocenters. The Balaban J connectivity index is 2.35. The van der Waals surface area contributed by atoms with Crippen molar-refractivity contribution in [3.63, 3.8) is 0 Å². The summed E-state index contributed by atoms with van der Waals surface area (Å²) in [7, 11) is -4.31. The number of aromatic nitrogens is 1. The van der Waals surface area contributed by atoms with Crippen molar-refractivity contribution in [1.82, 2.24) is 4.98 Å². The molecular weight excluding hydrogens is 340 g/mol. The standard InChI is InChI=1S/C14H16N2O5S2/c1-16(11-4-6-12(7-5-11)22(3,17)18)23(19,20)13-8-9-14(21-2)15-10-13/h4-10H,1-3H3. The van der Waals surface area contributed by atoms with Crippen LogP contribution in [0.5, 0.6) is 5.88 Å². The number of pyridine rings is 1. The lowest BCUT2D eigenvalue weighted by Gasteiger charge is -2.19. The molecule has 0 aliphatic heterocycles. The molecule has 0 aliphatic rings. The molecule has 0 aliphatic carbocycles. The number of methoxy groups -OCH3 is 1. The van der Waals surface area contributed by atoms with E-state index in [0.717, 1.165) is 10.6 Å². The molecule has 1 aromatic carbocycles. The highest BCUT2D eigenvalue weighted by Crippen LogP contribution is 2.23. The molecule has 23 heavy (non-hydrogen) atoms. The Morgan fingerprint density at radius 3 is 1.96 bits per heavy atom. The van der Waals surface area contributed by atoms with E-state index in [1.54, 1.807) is 0 Å². The van der Waals surface area contributed by atoms with Crippen LogP contribution in [0.4, 0.5) is 5.69 Å². The zero-order valence-corrected chi connectivity index (χ0v) is 14.4. The van der Waals surface area contributed by atoms with Crippen molar-refractivity contribution in [3.8, 4) is 5.88 Å². The van der Waals surface area contributed by atoms with Crippen LogP contribution in [0.15, 0.2) is 52.4 Å². The molecule has 124 valence electrons. The van der Waals surface area contributed by atoms with Crippen LogP contribution >= 0.6 is 0 Å². The minimum atomic E-state index is -3.80. The summed E-state index contributed by atoms with van der Waals surface area (Å²) >= 11 is 0. The molecule has 9 heteroatoms. The van der Waals surface area contributed by atoms with Crippen LogP contribution in [0.1, 0.15) is 0 Å². The Bertz CT molecular complexity index is 889. The number of benzene rings is 1. The largest absolute Gasteiger partial charge is 0.481 e. The Kier molecular flexibility index (Phi) is 4.62. The first-order valence-corrected chi connectivity index (χ1v) is 9.78. The summed E-state index contributed by atoms with van der Waals surface area (Å²) in [5, 5.41) is 0. The summed E-state index contributed by atoms with van der Waals surface area (Å²) < 4.78 is 53.9. The highest BCUT2D eigenvalue weighted by atomic mass is 32.2. The van der Waals surface area contributed by atoms with Gasteiger partial charge in [0, 0.05) is 19.4 Å². The molecule has 0 spiro atoms. The second-order valence-electron chi connectivity index (χ2n) is 4.77. The maximum atomic E-state index is 12.5. The summed E-state index contributed by atoms with van der Waals surface area (Å²) in [6, 6.07) is 8.44. The van der Waals surface area contributed by atoms with E-state index >= 15 is 0 Å². The first kappa shape index (κ1) is 17.2. The van der Waals surface area contributed by atoms with Gasteiger partial charge in [-0.2, -0.15) is 0 Å². The van der Waals surface area contributed by atoms with Gasteiger partial charge >= 0.3 is 0 Å². The number of ether oxygens (including phenoxy) is 1. The van der Waals surface area contributed by atoms with E-state index < -0.39 is 19.9 Å². The van der Waals surface area contributed by atoms with Crippen LogP contribution < -0.4 is 9.04 Å². The van der Waals surface area contributed by atoms with Gasteiger partial charge in [0.05, 0.1) is 23.9 Å². The third kappa shape index (κ3) is 3.62. The zero-order chi connectivity index (χ0) is 17.3. The topological polar surface area (TPSA) is 93.6 Å². The number of hydrogen-bond donors (Lipinski definition) is 0. The molecule has 1 aromatic heterocycles. The van der Waals surface area contributed by atoms with Gasteiger partial charge in [-0.1, -0.05) is 0 Å². The molecule has 2 aromatic rings. The van der Waals surface area contributed by atoms with Crippen LogP contribution in [0, 0.1) is 0 Å². The Morgan fingerprint density at radius 2 is 1.52 bits per heavy atom. The lowest BCUT2D eigenvalue weighted by atomic mass is 10.3. The molecule has 0 bridgehead atoms. The minimum absolute atomic E-state index is 0.00740. The van der Waals surface area contributed by atoms with Gasteiger partial charge in [0.1, 0.15) is 4.90 Å². The average molecular weight is 356 g/mol. The zero-order valence-electron chi connectivity index (χ0n) is 12.8. The van der Waals surface area contributed by atoms with Gasteiger partial charge in [-0.05, 0) is 30.3 Å². The van der Waals surface area contributed by atoms with Crippen LogP contribution in [-0.2, 0) is 19.9 Å². The monoisotopic (exact) mass is 356 g/mol. The normalized spacial score (nSPS) is 12.0. The van der Waals surface area contributed by atoms with Gasteiger partial charge in [0.15, 0.2) is 9.84 Å². The van der Waals surface area contributed by atoms with Gasteiger partial charge in [-0.15, -0.1) is 0 Å². The smallest absolute Gasteiger partial charge is 0.265 e. The van der Waals surface area contributed by atoms with Gasteiger partial charge in [-0.3, -0.25) is 4.31 Å². The van der Waals surface area contributed by atoms with Crippen LogP contribution in [0.3, 0.4) is 0 Å². The third-order valence-corrected chi connectivity index (χ3v) is 6.10. The first-order valence-electron chi connectivity index (χ1n) is 6.45. The molecule has 0 saturated heterocycles. The van der Waals surface area contributed by atoms with Crippen molar-refractivity contribution < 1.29 is 21.6 Å². The van der Waals surface area contributed by atoms with Crippen molar-refractivity contribution in [2.45, 2.75) is 9.79 Å². The fourth-order valence-corrected chi connectivity index (χ4v) is 3.61. The van der Waals surface area contributed by atoms with Crippen molar-refractivity contribution >= 4 is 25.5 Å². The summed E-state index contributed by atoms with van der Waals surface area (Å²) in [6.07, 6.45) is 2.29. The van der Waals surface area contributed by atoms with Crippen LogP contribution in [0.2, 0.25) is 0 Å². The third-order valence-electron chi connectivity index (χ3n) is 3.21. The fraction of sp³-hybridized carbons (Fsp3) is 0.214. The van der Waals surface area contributed by atoms with E-state index in [-0.39, 0.29) is 9.79 Å². The van der Waals surface area contributed by atoms with Crippen LogP contribution in [-0.4, -0.2) is 42.2 Å². The number of rotatable bonds is 5. The lowest BCUT2D eigenvalue weighted by Crippen LogP contribution is -2.26. The molecule has 2 rings (SSSR count). The predicted molar refractivity (Wildman–Crippen MR) is 85.9 cm³/mol. The fourth-order valence-electron chi connectivity index (χ4n) is 1.84. The Morgan fingerprint density at radius 1 is 0.957 bits per heavy atom. The molecule has 0 N–H and O–H groups in total. The van der Waals surface area contributed by atoms with Gasteiger partial charge in [0.25, 0.3) is 10.0 Å². The molecule has 0 amide bonds. The highest BCUT2D eigenvalue weighted by molar-refractivity contribution is 7.92. The van der Waals surface area contributed by atoms with Crippen molar-refractivity contribution in [3.05, 3.63) is 42.6 Å². The van der Waals surface area contributed by atoms with E-state index in [1.165, 1.54) is 56.8 Å². The Hall–Kier alpha value is -2.13. The molecule has 0 radical (unpaired) electrons. The van der Waals surface area contributed by atoms with E-state index in [9.17, 15) is 16.8 Å². The second-order valence-corrected chi connectivity index (χ2v) is 8.76. The molecular formula is C14H16N2O5S2. The SMILES string of the molecule is COc1ccc(S(=O)(=O)N(C)c2ccc(S(C)(=O)=O)cc2)cn1. The molecule has 0 fully saturated rings. The summed E-state index contributed by atoms with van der Waals surface area (Å²) in [4.78, 5) is 4.01. The quantitative estimate of drug-likeness (QED) is 0.802. The van der Waals surface area contributed by atoms with Crippen molar-refractivity contribution in [2.24, 2.45) is 0 Å². The molecule has 1 heterocycles. The number of sulfone groups is 1. The van der Waals surface area contributed by atoms with E-state index in [2.05, 4.69) is 4.98 Å².